The van der Waals surface area contributed by atoms with Gasteiger partial charge >= 0.3 is 0 Å². The van der Waals surface area contributed by atoms with Crippen molar-refractivity contribution in [1.29, 1.82) is 0 Å². The molecule has 0 amide bonds. The van der Waals surface area contributed by atoms with Gasteiger partial charge in [0.1, 0.15) is 0 Å². The zero-order valence-electron chi connectivity index (χ0n) is 15.2. The number of anilines is 1. The third-order valence-corrected chi connectivity index (χ3v) is 4.13. The first-order valence-corrected chi connectivity index (χ1v) is 8.43. The maximum Gasteiger partial charge on any atom is 0.222 e. The van der Waals surface area contributed by atoms with Crippen LogP contribution in [-0.4, -0.2) is 36.0 Å². The lowest BCUT2D eigenvalue weighted by Crippen LogP contribution is -2.11. The third kappa shape index (κ3) is 3.86. The number of nitrogens with zero attached hydrogens (tertiary/aromatic N) is 3. The minimum Gasteiger partial charge on any atom is -0.357 e. The molecule has 4 nitrogen and oxygen atoms in total. The van der Waals surface area contributed by atoms with E-state index >= 15 is 0 Å². The highest BCUT2D eigenvalue weighted by Crippen LogP contribution is 2.33. The van der Waals surface area contributed by atoms with Crippen molar-refractivity contribution in [1.82, 2.24) is 14.9 Å². The molecule has 0 aliphatic heterocycles. The molecular formula is C21H24N4. The normalized spacial score (nSPS) is 10.9. The minimum absolute atomic E-state index is 0.629. The van der Waals surface area contributed by atoms with E-state index in [0.717, 1.165) is 23.4 Å². The molecule has 0 fully saturated rings. The fourth-order valence-electron chi connectivity index (χ4n) is 2.89. The van der Waals surface area contributed by atoms with Crippen LogP contribution in [0.15, 0.2) is 54.7 Å². The first kappa shape index (κ1) is 17.1. The van der Waals surface area contributed by atoms with E-state index in [1.54, 1.807) is 0 Å². The quantitative estimate of drug-likeness (QED) is 0.759. The predicted octanol–water partition coefficient (Wildman–Crippen LogP) is 4.22. The number of nitrogens with one attached hydrogen (secondary N) is 1. The molecule has 3 rings (SSSR count). The molecule has 0 saturated heterocycles. The number of aryl methyl sites for hydroxylation is 1. The second-order valence-corrected chi connectivity index (χ2v) is 6.47. The topological polar surface area (TPSA) is 41.1 Å². The summed E-state index contributed by atoms with van der Waals surface area (Å²) >= 11 is 0. The number of benzene rings is 2. The molecule has 4 heteroatoms. The summed E-state index contributed by atoms with van der Waals surface area (Å²) < 4.78 is 0. The van der Waals surface area contributed by atoms with E-state index in [0.29, 0.717) is 5.95 Å². The van der Waals surface area contributed by atoms with E-state index in [-0.39, 0.29) is 0 Å². The maximum atomic E-state index is 4.75. The Hall–Kier alpha value is -2.72. The summed E-state index contributed by atoms with van der Waals surface area (Å²) in [6.07, 6.45) is 1.92. The van der Waals surface area contributed by atoms with Gasteiger partial charge in [-0.15, -0.1) is 0 Å². The first-order chi connectivity index (χ1) is 12.1. The van der Waals surface area contributed by atoms with Gasteiger partial charge in [0.2, 0.25) is 5.95 Å². The second kappa shape index (κ2) is 7.45. The van der Waals surface area contributed by atoms with E-state index in [2.05, 4.69) is 84.8 Å². The molecule has 0 aliphatic rings. The van der Waals surface area contributed by atoms with Gasteiger partial charge in [0, 0.05) is 30.9 Å². The SMILES string of the molecule is CNc1ncc(-c2ccccc2CN(C)C)c(-c2ccc(C)cc2)n1. The van der Waals surface area contributed by atoms with Crippen molar-refractivity contribution >= 4 is 5.95 Å². The highest BCUT2D eigenvalue weighted by molar-refractivity contribution is 5.82. The lowest BCUT2D eigenvalue weighted by Gasteiger charge is -2.17. The highest BCUT2D eigenvalue weighted by atomic mass is 15.1. The van der Waals surface area contributed by atoms with E-state index in [9.17, 15) is 0 Å². The summed E-state index contributed by atoms with van der Waals surface area (Å²) in [6.45, 7) is 2.97. The standard InChI is InChI=1S/C21H24N4/c1-15-9-11-16(12-10-15)20-19(13-23-21(22-2)24-20)18-8-6-5-7-17(18)14-25(3)4/h5-13H,14H2,1-4H3,(H,22,23,24). The van der Waals surface area contributed by atoms with Crippen LogP contribution >= 0.6 is 0 Å². The van der Waals surface area contributed by atoms with E-state index < -0.39 is 0 Å². The Labute approximate surface area is 149 Å². The predicted molar refractivity (Wildman–Crippen MR) is 105 cm³/mol. The third-order valence-electron chi connectivity index (χ3n) is 4.13. The Morgan fingerprint density at radius 3 is 2.36 bits per heavy atom. The van der Waals surface area contributed by atoms with Crippen molar-refractivity contribution in [2.75, 3.05) is 26.5 Å². The van der Waals surface area contributed by atoms with Crippen molar-refractivity contribution < 1.29 is 0 Å². The Morgan fingerprint density at radius 1 is 0.960 bits per heavy atom. The average molecular weight is 332 g/mol. The summed E-state index contributed by atoms with van der Waals surface area (Å²) in [6, 6.07) is 16.9. The average Bonchev–Trinajstić information content (AvgIpc) is 2.62. The van der Waals surface area contributed by atoms with E-state index in [1.165, 1.54) is 16.7 Å². The van der Waals surface area contributed by atoms with Crippen LogP contribution in [0.3, 0.4) is 0 Å². The molecule has 1 N–H and O–H groups in total. The van der Waals surface area contributed by atoms with Gasteiger partial charge in [-0.1, -0.05) is 54.1 Å². The fraction of sp³-hybridized carbons (Fsp3) is 0.238. The monoisotopic (exact) mass is 332 g/mol. The van der Waals surface area contributed by atoms with Crippen LogP contribution in [-0.2, 0) is 6.54 Å². The molecule has 0 radical (unpaired) electrons. The van der Waals surface area contributed by atoms with Crippen LogP contribution in [0, 0.1) is 6.92 Å². The molecular weight excluding hydrogens is 308 g/mol. The van der Waals surface area contributed by atoms with Crippen molar-refractivity contribution in [2.24, 2.45) is 0 Å². The van der Waals surface area contributed by atoms with Crippen LogP contribution in [0.2, 0.25) is 0 Å². The van der Waals surface area contributed by atoms with Gasteiger partial charge < -0.3 is 10.2 Å². The van der Waals surface area contributed by atoms with Crippen molar-refractivity contribution in [2.45, 2.75) is 13.5 Å². The number of hydrogen-bond donors (Lipinski definition) is 1. The molecule has 0 atom stereocenters. The van der Waals surface area contributed by atoms with Crippen LogP contribution < -0.4 is 5.32 Å². The zero-order valence-corrected chi connectivity index (χ0v) is 15.2. The van der Waals surface area contributed by atoms with Crippen molar-refractivity contribution in [3.05, 3.63) is 65.9 Å². The van der Waals surface area contributed by atoms with Crippen LogP contribution in [0.25, 0.3) is 22.4 Å². The van der Waals surface area contributed by atoms with Gasteiger partial charge in [0.15, 0.2) is 0 Å². The van der Waals surface area contributed by atoms with Gasteiger partial charge in [-0.05, 0) is 32.1 Å². The first-order valence-electron chi connectivity index (χ1n) is 8.43. The number of rotatable bonds is 5. The van der Waals surface area contributed by atoms with Crippen LogP contribution in [0.5, 0.6) is 0 Å². The highest BCUT2D eigenvalue weighted by Gasteiger charge is 2.14. The number of hydrogen-bond acceptors (Lipinski definition) is 4. The van der Waals surface area contributed by atoms with E-state index in [4.69, 9.17) is 4.98 Å². The molecule has 1 heterocycles. The van der Waals surface area contributed by atoms with Crippen LogP contribution in [0.1, 0.15) is 11.1 Å². The van der Waals surface area contributed by atoms with Gasteiger partial charge in [-0.25, -0.2) is 9.97 Å². The minimum atomic E-state index is 0.629. The van der Waals surface area contributed by atoms with Crippen LogP contribution in [0.4, 0.5) is 5.95 Å². The van der Waals surface area contributed by atoms with Crippen molar-refractivity contribution in [3.8, 4) is 22.4 Å². The van der Waals surface area contributed by atoms with E-state index in [1.807, 2.05) is 13.2 Å². The van der Waals surface area contributed by atoms with Crippen molar-refractivity contribution in [3.63, 3.8) is 0 Å². The molecule has 25 heavy (non-hydrogen) atoms. The largest absolute Gasteiger partial charge is 0.357 e. The molecule has 1 aromatic heterocycles. The smallest absolute Gasteiger partial charge is 0.222 e. The lowest BCUT2D eigenvalue weighted by atomic mass is 9.96. The molecule has 0 unspecified atom stereocenters. The van der Waals surface area contributed by atoms with Gasteiger partial charge in [-0.3, -0.25) is 0 Å². The Kier molecular flexibility index (Phi) is 5.10. The molecule has 0 saturated carbocycles. The summed E-state index contributed by atoms with van der Waals surface area (Å²) in [5, 5.41) is 3.04. The Bertz CT molecular complexity index is 854. The van der Waals surface area contributed by atoms with Gasteiger partial charge in [0.05, 0.1) is 5.69 Å². The summed E-state index contributed by atoms with van der Waals surface area (Å²) in [4.78, 5) is 11.4. The fourth-order valence-corrected chi connectivity index (χ4v) is 2.89. The summed E-state index contributed by atoms with van der Waals surface area (Å²) in [5.41, 5.74) is 6.78. The molecule has 3 aromatic rings. The maximum absolute atomic E-state index is 4.75. The van der Waals surface area contributed by atoms with Gasteiger partial charge in [-0.2, -0.15) is 0 Å². The molecule has 0 bridgehead atoms. The lowest BCUT2D eigenvalue weighted by molar-refractivity contribution is 0.403. The molecule has 0 spiro atoms. The Balaban J connectivity index is 2.18. The Morgan fingerprint density at radius 2 is 1.68 bits per heavy atom. The summed E-state index contributed by atoms with van der Waals surface area (Å²) in [7, 11) is 6.00. The molecule has 0 aliphatic carbocycles. The number of aromatic nitrogens is 2. The van der Waals surface area contributed by atoms with Gasteiger partial charge in [0.25, 0.3) is 0 Å². The molecule has 128 valence electrons. The summed E-state index contributed by atoms with van der Waals surface area (Å²) in [5.74, 6) is 0.629. The molecule has 2 aromatic carbocycles. The zero-order chi connectivity index (χ0) is 17.8. The second-order valence-electron chi connectivity index (χ2n) is 6.47.